The van der Waals surface area contributed by atoms with Crippen LogP contribution < -0.4 is 0 Å². The van der Waals surface area contributed by atoms with Crippen LogP contribution in [-0.4, -0.2) is 50.4 Å². The van der Waals surface area contributed by atoms with E-state index in [1.165, 1.54) is 59.9 Å². The zero-order valence-electron chi connectivity index (χ0n) is 29.7. The van der Waals surface area contributed by atoms with E-state index in [-0.39, 0.29) is 35.9 Å². The molecule has 7 aromatic rings. The maximum atomic E-state index is 14.3. The summed E-state index contributed by atoms with van der Waals surface area (Å²) in [7, 11) is -8.94. The van der Waals surface area contributed by atoms with Gasteiger partial charge >= 0.3 is 343 Å². The summed E-state index contributed by atoms with van der Waals surface area (Å²) in [6.45, 7) is 0. The van der Waals surface area contributed by atoms with E-state index in [2.05, 4.69) is 0 Å². The Bertz CT molecular complexity index is 3050. The third-order valence-corrected chi connectivity index (χ3v) is 14.9. The number of rotatable bonds is 6. The van der Waals surface area contributed by atoms with Crippen molar-refractivity contribution in [3.63, 3.8) is 0 Å². The molecule has 4 aromatic carbocycles. The second-order valence-corrected chi connectivity index (χ2v) is 19.5. The van der Waals surface area contributed by atoms with Gasteiger partial charge in [-0.15, -0.1) is 0 Å². The number of aromatic nitrogens is 2. The SMILES string of the molecule is O=S(=O)(O)c1ccc(-c2c3nc(c(-c4ccc(F)cc4)c4ccc([se]4)c(-c4ccc(F)cc4)c4nc(c(-c5ccc(S(=O)(=O)O)cc5)c5ccc2s5)C=C4)C=C3)cc1. The predicted molar refractivity (Wildman–Crippen MR) is 226 cm³/mol. The van der Waals surface area contributed by atoms with Gasteiger partial charge in [-0.25, -0.2) is 0 Å². The molecule has 58 heavy (non-hydrogen) atoms. The number of halogens is 2. The molecule has 0 fully saturated rings. The van der Waals surface area contributed by atoms with Gasteiger partial charge in [0.15, 0.2) is 0 Å². The summed E-state index contributed by atoms with van der Waals surface area (Å²) in [6.07, 6.45) is 7.54. The predicted octanol–water partition coefficient (Wildman–Crippen LogP) is 10.6. The first-order chi connectivity index (χ1) is 27.8. The summed E-state index contributed by atoms with van der Waals surface area (Å²) in [5, 5.41) is 0. The molecule has 9 rings (SSSR count). The van der Waals surface area contributed by atoms with E-state index >= 15 is 0 Å². The number of benzene rings is 4. The summed E-state index contributed by atoms with van der Waals surface area (Å²) < 4.78 is 99.4. The Morgan fingerprint density at radius 1 is 0.431 bits per heavy atom. The van der Waals surface area contributed by atoms with Gasteiger partial charge in [-0.3, -0.25) is 0 Å². The second-order valence-electron chi connectivity index (χ2n) is 13.3. The molecule has 286 valence electrons. The summed E-state index contributed by atoms with van der Waals surface area (Å²) in [4.78, 5) is 9.82. The molecule has 0 saturated heterocycles. The van der Waals surface area contributed by atoms with E-state index in [1.54, 1.807) is 48.5 Å². The van der Waals surface area contributed by atoms with Crippen molar-refractivity contribution in [1.29, 1.82) is 0 Å². The van der Waals surface area contributed by atoms with Gasteiger partial charge in [0.1, 0.15) is 0 Å². The molecule has 0 radical (unpaired) electrons. The van der Waals surface area contributed by atoms with Crippen molar-refractivity contribution in [3.05, 3.63) is 156 Å². The monoisotopic (exact) mass is 892 g/mol. The van der Waals surface area contributed by atoms with Gasteiger partial charge in [0.05, 0.1) is 0 Å². The van der Waals surface area contributed by atoms with Crippen molar-refractivity contribution in [3.8, 4) is 44.5 Å². The molecule has 2 aliphatic rings. The molecule has 2 N–H and O–H groups in total. The van der Waals surface area contributed by atoms with Crippen LogP contribution in [0.15, 0.2) is 131 Å². The van der Waals surface area contributed by atoms with Gasteiger partial charge in [0.2, 0.25) is 0 Å². The molecule has 14 heteroatoms. The Hall–Kier alpha value is -5.70. The molecule has 0 unspecified atom stereocenters. The van der Waals surface area contributed by atoms with Crippen LogP contribution in [0.4, 0.5) is 8.78 Å². The Morgan fingerprint density at radius 3 is 1.09 bits per heavy atom. The van der Waals surface area contributed by atoms with Crippen molar-refractivity contribution in [2.24, 2.45) is 0 Å². The number of thiophene rings is 1. The first-order valence-corrected chi connectivity index (χ1v) is 22.9. The number of hydrogen-bond donors (Lipinski definition) is 2. The van der Waals surface area contributed by atoms with Crippen molar-refractivity contribution in [2.45, 2.75) is 9.79 Å². The number of nitrogens with zero attached hydrogens (tertiary/aromatic N) is 2. The van der Waals surface area contributed by atoms with Crippen LogP contribution in [0.3, 0.4) is 0 Å². The van der Waals surface area contributed by atoms with Crippen molar-refractivity contribution in [2.75, 3.05) is 0 Å². The van der Waals surface area contributed by atoms with Gasteiger partial charge in [-0.1, -0.05) is 0 Å². The minimum atomic E-state index is -4.47. The fourth-order valence-electron chi connectivity index (χ4n) is 6.98. The Balaban J connectivity index is 1.44. The topological polar surface area (TPSA) is 135 Å². The van der Waals surface area contributed by atoms with Crippen LogP contribution in [-0.2, 0) is 20.2 Å². The molecule has 0 spiro atoms. The van der Waals surface area contributed by atoms with Crippen LogP contribution in [0.2, 0.25) is 0 Å². The standard InChI is InChI=1S/C44H26F2N2O6S3Se/c45-29-9-1-27(2-10-29)43-35-19-17-33(47-35)41(25-5-13-31(14-6-25)56(49,50)51)37-21-22-38(55-37)42(26-7-15-32(16-8-26)57(52,53)54)34-18-20-36(48-34)44(40-24-23-39(43)58-40)28-3-11-30(46)12-4-28/h1-24H,(H,49,50,51)(H,52,53,54). The van der Waals surface area contributed by atoms with E-state index in [1.807, 2.05) is 48.6 Å². The number of fused-ring (bicyclic) bond motifs is 8. The average Bonchev–Trinajstić information content (AvgIpc) is 4.04. The number of hydrogen-bond acceptors (Lipinski definition) is 7. The van der Waals surface area contributed by atoms with E-state index in [0.717, 1.165) is 40.2 Å². The zero-order chi connectivity index (χ0) is 40.3. The van der Waals surface area contributed by atoms with Crippen LogP contribution in [0.1, 0.15) is 22.8 Å². The van der Waals surface area contributed by atoms with E-state index < -0.39 is 20.2 Å². The van der Waals surface area contributed by atoms with Gasteiger partial charge in [-0.2, -0.15) is 0 Å². The third kappa shape index (κ3) is 7.20. The Morgan fingerprint density at radius 2 is 0.741 bits per heavy atom. The fraction of sp³-hybridized carbons (Fsp3) is 0. The molecule has 0 saturated carbocycles. The van der Waals surface area contributed by atoms with E-state index in [0.29, 0.717) is 45.0 Å². The summed E-state index contributed by atoms with van der Waals surface area (Å²) in [5.41, 5.74) is 8.09. The summed E-state index contributed by atoms with van der Waals surface area (Å²) in [5.74, 6) is -0.766. The zero-order valence-corrected chi connectivity index (χ0v) is 33.8. The quantitative estimate of drug-likeness (QED) is 0.124. The van der Waals surface area contributed by atoms with Crippen LogP contribution in [0.25, 0.3) is 86.7 Å². The molecule has 0 aliphatic carbocycles. The van der Waals surface area contributed by atoms with E-state index in [9.17, 15) is 34.7 Å². The molecule has 2 aliphatic heterocycles. The van der Waals surface area contributed by atoms with Crippen molar-refractivity contribution >= 4 is 88.3 Å². The Labute approximate surface area is 341 Å². The first-order valence-electron chi connectivity index (χ1n) is 17.5. The molecule has 8 nitrogen and oxygen atoms in total. The summed E-state index contributed by atoms with van der Waals surface area (Å²) in [6, 6.07) is 32.0. The van der Waals surface area contributed by atoms with Crippen LogP contribution >= 0.6 is 11.3 Å². The van der Waals surface area contributed by atoms with Gasteiger partial charge < -0.3 is 0 Å². The second kappa shape index (κ2) is 14.6. The van der Waals surface area contributed by atoms with Crippen LogP contribution in [0.5, 0.6) is 0 Å². The molecular weight excluding hydrogens is 866 g/mol. The van der Waals surface area contributed by atoms with Gasteiger partial charge in [0, 0.05) is 0 Å². The molecule has 0 atom stereocenters. The average molecular weight is 892 g/mol. The molecule has 5 heterocycles. The van der Waals surface area contributed by atoms with Crippen LogP contribution in [0, 0.1) is 11.6 Å². The summed E-state index contributed by atoms with van der Waals surface area (Å²) >= 11 is 1.06. The minimum absolute atomic E-state index is 0.266. The first kappa shape index (κ1) is 37.9. The molecular formula is C44H26F2N2O6S3Se. The Kier molecular flexibility index (Phi) is 9.53. The maximum absolute atomic E-state index is 14.3. The van der Waals surface area contributed by atoms with Crippen molar-refractivity contribution < 1.29 is 34.7 Å². The molecule has 0 amide bonds. The normalized spacial score (nSPS) is 12.6. The molecule has 3 aromatic heterocycles. The van der Waals surface area contributed by atoms with Gasteiger partial charge in [-0.05, 0) is 0 Å². The fourth-order valence-corrected chi connectivity index (χ4v) is 11.5. The third-order valence-electron chi connectivity index (χ3n) is 9.65. The van der Waals surface area contributed by atoms with Gasteiger partial charge in [0.25, 0.3) is 0 Å². The van der Waals surface area contributed by atoms with Crippen molar-refractivity contribution in [1.82, 2.24) is 9.97 Å². The molecule has 8 bridgehead atoms. The van der Waals surface area contributed by atoms with E-state index in [4.69, 9.17) is 9.97 Å².